The van der Waals surface area contributed by atoms with Gasteiger partial charge >= 0.3 is 5.97 Å². The van der Waals surface area contributed by atoms with Crippen LogP contribution in [0.5, 0.6) is 0 Å². The average Bonchev–Trinajstić information content (AvgIpc) is 2.04. The maximum Gasteiger partial charge on any atom is 0.308 e. The summed E-state index contributed by atoms with van der Waals surface area (Å²) in [5.74, 6) is -0.946. The molecule has 1 aliphatic rings. The molecule has 2 atom stereocenters. The first-order valence-corrected chi connectivity index (χ1v) is 3.80. The number of nitrogens with one attached hydrogen (secondary N) is 1. The van der Waals surface area contributed by atoms with Crippen LogP contribution in [0.4, 0.5) is 0 Å². The second kappa shape index (κ2) is 3.53. The lowest BCUT2D eigenvalue weighted by atomic mass is 9.89. The van der Waals surface area contributed by atoms with Crippen molar-refractivity contribution in [2.24, 2.45) is 5.92 Å². The van der Waals surface area contributed by atoms with Crippen molar-refractivity contribution in [2.75, 3.05) is 7.05 Å². The number of allylic oxidation sites excluding steroid dienone is 1. The molecule has 1 aliphatic carbocycles. The predicted molar refractivity (Wildman–Crippen MR) is 42.3 cm³/mol. The molecule has 0 saturated carbocycles. The highest BCUT2D eigenvalue weighted by Crippen LogP contribution is 2.18. The summed E-state index contributed by atoms with van der Waals surface area (Å²) in [4.78, 5) is 10.6. The maximum atomic E-state index is 10.6. The fraction of sp³-hybridized carbons (Fsp3) is 0.625. The standard InChI is InChI=1S/C8H13NO2/c1-9-7-5-3-2-4-6(7)8(10)11/h2-3,6-7,9H,4-5H2,1H3,(H,10,11). The Hall–Kier alpha value is -0.830. The Labute approximate surface area is 66.1 Å². The van der Waals surface area contributed by atoms with Gasteiger partial charge in [-0.25, -0.2) is 0 Å². The van der Waals surface area contributed by atoms with Gasteiger partial charge in [-0.3, -0.25) is 4.79 Å². The van der Waals surface area contributed by atoms with Crippen LogP contribution in [0.2, 0.25) is 0 Å². The van der Waals surface area contributed by atoms with E-state index in [0.717, 1.165) is 6.42 Å². The molecule has 62 valence electrons. The fourth-order valence-corrected chi connectivity index (χ4v) is 1.41. The summed E-state index contributed by atoms with van der Waals surface area (Å²) in [7, 11) is 1.81. The summed E-state index contributed by atoms with van der Waals surface area (Å²) in [6, 6.07) is 0.109. The highest BCUT2D eigenvalue weighted by Gasteiger charge is 2.26. The molecule has 0 aromatic carbocycles. The van der Waals surface area contributed by atoms with Gasteiger partial charge in [-0.1, -0.05) is 12.2 Å². The van der Waals surface area contributed by atoms with Crippen molar-refractivity contribution in [1.82, 2.24) is 5.32 Å². The van der Waals surface area contributed by atoms with Crippen molar-refractivity contribution in [3.8, 4) is 0 Å². The second-order valence-corrected chi connectivity index (χ2v) is 2.78. The van der Waals surface area contributed by atoms with E-state index >= 15 is 0 Å². The molecule has 0 radical (unpaired) electrons. The van der Waals surface area contributed by atoms with Crippen molar-refractivity contribution in [3.05, 3.63) is 12.2 Å². The van der Waals surface area contributed by atoms with Crippen molar-refractivity contribution < 1.29 is 9.90 Å². The third-order valence-corrected chi connectivity index (χ3v) is 2.12. The van der Waals surface area contributed by atoms with E-state index in [1.165, 1.54) is 0 Å². The van der Waals surface area contributed by atoms with Gasteiger partial charge < -0.3 is 10.4 Å². The molecule has 0 aromatic heterocycles. The van der Waals surface area contributed by atoms with Gasteiger partial charge in [0.25, 0.3) is 0 Å². The Morgan fingerprint density at radius 3 is 2.64 bits per heavy atom. The zero-order chi connectivity index (χ0) is 8.27. The summed E-state index contributed by atoms with van der Waals surface area (Å²) in [5.41, 5.74) is 0. The first-order valence-electron chi connectivity index (χ1n) is 3.80. The molecular weight excluding hydrogens is 142 g/mol. The number of hydrogen-bond acceptors (Lipinski definition) is 2. The second-order valence-electron chi connectivity index (χ2n) is 2.78. The molecule has 0 aliphatic heterocycles. The van der Waals surface area contributed by atoms with Gasteiger partial charge in [0.05, 0.1) is 5.92 Å². The molecule has 1 rings (SSSR count). The minimum absolute atomic E-state index is 0.109. The topological polar surface area (TPSA) is 49.3 Å². The first kappa shape index (κ1) is 8.27. The number of aliphatic carboxylic acids is 1. The van der Waals surface area contributed by atoms with E-state index in [4.69, 9.17) is 5.11 Å². The van der Waals surface area contributed by atoms with Crippen molar-refractivity contribution in [1.29, 1.82) is 0 Å². The Morgan fingerprint density at radius 1 is 1.55 bits per heavy atom. The van der Waals surface area contributed by atoms with Crippen molar-refractivity contribution in [3.63, 3.8) is 0 Å². The van der Waals surface area contributed by atoms with Crippen LogP contribution in [0, 0.1) is 5.92 Å². The summed E-state index contributed by atoms with van der Waals surface area (Å²) in [6.45, 7) is 0. The Balaban J connectivity index is 2.61. The molecule has 0 heterocycles. The zero-order valence-corrected chi connectivity index (χ0v) is 6.58. The number of hydrogen-bond donors (Lipinski definition) is 2. The lowest BCUT2D eigenvalue weighted by Crippen LogP contribution is -2.38. The minimum Gasteiger partial charge on any atom is -0.481 e. The van der Waals surface area contributed by atoms with E-state index in [1.54, 1.807) is 7.05 Å². The summed E-state index contributed by atoms with van der Waals surface area (Å²) >= 11 is 0. The van der Waals surface area contributed by atoms with E-state index in [0.29, 0.717) is 6.42 Å². The van der Waals surface area contributed by atoms with Gasteiger partial charge in [0.2, 0.25) is 0 Å². The van der Waals surface area contributed by atoms with Crippen LogP contribution < -0.4 is 5.32 Å². The summed E-state index contributed by atoms with van der Waals surface area (Å²) in [6.07, 6.45) is 5.45. The molecule has 0 fully saturated rings. The van der Waals surface area contributed by atoms with E-state index in [1.807, 2.05) is 12.2 Å². The highest BCUT2D eigenvalue weighted by atomic mass is 16.4. The van der Waals surface area contributed by atoms with Crippen LogP contribution in [0.1, 0.15) is 12.8 Å². The molecule has 0 spiro atoms. The number of rotatable bonds is 2. The lowest BCUT2D eigenvalue weighted by molar-refractivity contribution is -0.142. The average molecular weight is 155 g/mol. The zero-order valence-electron chi connectivity index (χ0n) is 6.58. The Morgan fingerprint density at radius 2 is 2.18 bits per heavy atom. The molecule has 0 aromatic rings. The SMILES string of the molecule is CNC1CC=CCC1C(=O)O. The van der Waals surface area contributed by atoms with Crippen LogP contribution >= 0.6 is 0 Å². The monoisotopic (exact) mass is 155 g/mol. The molecule has 0 saturated heterocycles. The maximum absolute atomic E-state index is 10.6. The highest BCUT2D eigenvalue weighted by molar-refractivity contribution is 5.71. The van der Waals surface area contributed by atoms with Gasteiger partial charge in [-0.2, -0.15) is 0 Å². The van der Waals surface area contributed by atoms with Crippen LogP contribution in [-0.4, -0.2) is 24.2 Å². The number of carboxylic acids is 1. The normalized spacial score (nSPS) is 30.3. The summed E-state index contributed by atoms with van der Waals surface area (Å²) < 4.78 is 0. The first-order chi connectivity index (χ1) is 5.25. The van der Waals surface area contributed by atoms with E-state index in [2.05, 4.69) is 5.32 Å². The van der Waals surface area contributed by atoms with Crippen LogP contribution in [0.15, 0.2) is 12.2 Å². The van der Waals surface area contributed by atoms with Gasteiger partial charge in [0.15, 0.2) is 0 Å². The molecule has 0 bridgehead atoms. The van der Waals surface area contributed by atoms with Crippen LogP contribution in [0.25, 0.3) is 0 Å². The van der Waals surface area contributed by atoms with Gasteiger partial charge in [0, 0.05) is 6.04 Å². The lowest BCUT2D eigenvalue weighted by Gasteiger charge is -2.24. The van der Waals surface area contributed by atoms with E-state index in [-0.39, 0.29) is 12.0 Å². The summed E-state index contributed by atoms with van der Waals surface area (Å²) in [5, 5.41) is 11.8. The molecular formula is C8H13NO2. The Bertz CT molecular complexity index is 177. The van der Waals surface area contributed by atoms with Gasteiger partial charge in [0.1, 0.15) is 0 Å². The predicted octanol–water partition coefficient (Wildman–Crippen LogP) is 0.625. The molecule has 2 unspecified atom stereocenters. The third kappa shape index (κ3) is 1.80. The van der Waals surface area contributed by atoms with Gasteiger partial charge in [-0.15, -0.1) is 0 Å². The molecule has 2 N–H and O–H groups in total. The third-order valence-electron chi connectivity index (χ3n) is 2.12. The van der Waals surface area contributed by atoms with Crippen molar-refractivity contribution in [2.45, 2.75) is 18.9 Å². The quantitative estimate of drug-likeness (QED) is 0.575. The van der Waals surface area contributed by atoms with Gasteiger partial charge in [-0.05, 0) is 19.9 Å². The van der Waals surface area contributed by atoms with E-state index in [9.17, 15) is 4.79 Å². The molecule has 0 amide bonds. The number of carboxylic acid groups (broad SMARTS) is 1. The van der Waals surface area contributed by atoms with Crippen molar-refractivity contribution >= 4 is 5.97 Å². The fourth-order valence-electron chi connectivity index (χ4n) is 1.41. The Kier molecular flexibility index (Phi) is 2.65. The van der Waals surface area contributed by atoms with Crippen LogP contribution in [-0.2, 0) is 4.79 Å². The molecule has 3 heteroatoms. The molecule has 11 heavy (non-hydrogen) atoms. The smallest absolute Gasteiger partial charge is 0.308 e. The van der Waals surface area contributed by atoms with Crippen LogP contribution in [0.3, 0.4) is 0 Å². The molecule has 3 nitrogen and oxygen atoms in total. The minimum atomic E-state index is -0.700. The number of carbonyl (C=O) groups is 1. The largest absolute Gasteiger partial charge is 0.481 e. The van der Waals surface area contributed by atoms with E-state index < -0.39 is 5.97 Å².